The monoisotopic (exact) mass is 287 g/mol. The third-order valence-corrected chi connectivity index (χ3v) is 3.74. The van der Waals surface area contributed by atoms with Crippen molar-refractivity contribution in [1.82, 2.24) is 5.32 Å². The van der Waals surface area contributed by atoms with Crippen LogP contribution in [0.3, 0.4) is 0 Å². The van der Waals surface area contributed by atoms with E-state index in [4.69, 9.17) is 4.74 Å². The van der Waals surface area contributed by atoms with Gasteiger partial charge in [-0.15, -0.1) is 0 Å². The Balaban J connectivity index is 1.48. The van der Waals surface area contributed by atoms with Gasteiger partial charge in [-0.1, -0.05) is 29.8 Å². The summed E-state index contributed by atoms with van der Waals surface area (Å²) in [4.78, 5) is 11.7. The normalized spacial score (nSPS) is 16.9. The number of unbranched alkanes of at least 4 members (excludes halogenated alkanes) is 1. The Bertz CT molecular complexity index is 465. The molecule has 114 valence electrons. The summed E-state index contributed by atoms with van der Waals surface area (Å²) in [5.74, 6) is 1.54. The second-order valence-corrected chi connectivity index (χ2v) is 5.69. The van der Waals surface area contributed by atoms with E-state index in [1.54, 1.807) is 0 Å². The van der Waals surface area contributed by atoms with Crippen LogP contribution in [-0.2, 0) is 4.79 Å². The Hall–Kier alpha value is -1.77. The number of hydrogen-bond donors (Lipinski definition) is 1. The Morgan fingerprint density at radius 2 is 2.10 bits per heavy atom. The van der Waals surface area contributed by atoms with Crippen molar-refractivity contribution in [2.45, 2.75) is 39.0 Å². The van der Waals surface area contributed by atoms with E-state index in [9.17, 15) is 4.79 Å². The van der Waals surface area contributed by atoms with Gasteiger partial charge in [0.2, 0.25) is 5.91 Å². The molecule has 1 aliphatic carbocycles. The Morgan fingerprint density at radius 1 is 1.29 bits per heavy atom. The highest BCUT2D eigenvalue weighted by Crippen LogP contribution is 2.19. The molecule has 1 aliphatic rings. The zero-order valence-corrected chi connectivity index (χ0v) is 12.8. The summed E-state index contributed by atoms with van der Waals surface area (Å²) in [5, 5.41) is 2.99. The van der Waals surface area contributed by atoms with Crippen molar-refractivity contribution in [1.29, 1.82) is 0 Å². The zero-order chi connectivity index (χ0) is 14.9. The van der Waals surface area contributed by atoms with Crippen LogP contribution < -0.4 is 10.1 Å². The maximum absolute atomic E-state index is 11.7. The molecule has 1 atom stereocenters. The number of nitrogens with one attached hydrogen (secondary N) is 1. The van der Waals surface area contributed by atoms with Gasteiger partial charge in [0.1, 0.15) is 5.75 Å². The van der Waals surface area contributed by atoms with Gasteiger partial charge in [-0.3, -0.25) is 4.79 Å². The molecular formula is C18H25NO2. The van der Waals surface area contributed by atoms with Crippen molar-refractivity contribution in [3.8, 4) is 5.75 Å². The molecule has 0 bridgehead atoms. The molecule has 0 saturated heterocycles. The van der Waals surface area contributed by atoms with Crippen LogP contribution in [0.1, 0.15) is 37.7 Å². The minimum Gasteiger partial charge on any atom is -0.494 e. The fourth-order valence-corrected chi connectivity index (χ4v) is 2.45. The third-order valence-electron chi connectivity index (χ3n) is 3.74. The molecule has 1 amide bonds. The molecular weight excluding hydrogens is 262 g/mol. The Labute approximate surface area is 127 Å². The zero-order valence-electron chi connectivity index (χ0n) is 12.8. The summed E-state index contributed by atoms with van der Waals surface area (Å²) in [6.45, 7) is 3.50. The number of allylic oxidation sites excluding steroid dienone is 2. The van der Waals surface area contributed by atoms with Gasteiger partial charge in [0, 0.05) is 13.0 Å². The van der Waals surface area contributed by atoms with E-state index in [1.165, 1.54) is 5.56 Å². The predicted octanol–water partition coefficient (Wildman–Crippen LogP) is 3.63. The van der Waals surface area contributed by atoms with E-state index in [1.807, 2.05) is 24.3 Å². The summed E-state index contributed by atoms with van der Waals surface area (Å²) in [7, 11) is 0. The standard InChI is InChI=1S/C18H25NO2/c1-15-8-10-17(11-9-15)21-13-5-4-12-19-18(20)14-16-6-2-3-7-16/h2,6,8-11,16H,3-5,7,12-14H2,1H3,(H,19,20)/t16-/m0/s1. The number of rotatable bonds is 8. The molecule has 21 heavy (non-hydrogen) atoms. The summed E-state index contributed by atoms with van der Waals surface area (Å²) >= 11 is 0. The van der Waals surface area contributed by atoms with Gasteiger partial charge in [0.25, 0.3) is 0 Å². The molecule has 1 aromatic carbocycles. The number of hydrogen-bond acceptors (Lipinski definition) is 2. The van der Waals surface area contributed by atoms with E-state index in [0.29, 0.717) is 18.9 Å². The smallest absolute Gasteiger partial charge is 0.220 e. The molecule has 0 fully saturated rings. The highest BCUT2D eigenvalue weighted by molar-refractivity contribution is 5.76. The van der Waals surface area contributed by atoms with Crippen LogP contribution in [0, 0.1) is 12.8 Å². The average molecular weight is 287 g/mol. The van der Waals surface area contributed by atoms with Crippen molar-refractivity contribution in [2.75, 3.05) is 13.2 Å². The largest absolute Gasteiger partial charge is 0.494 e. The molecule has 0 heterocycles. The van der Waals surface area contributed by atoms with Crippen molar-refractivity contribution in [3.63, 3.8) is 0 Å². The van der Waals surface area contributed by atoms with Crippen molar-refractivity contribution in [2.24, 2.45) is 5.92 Å². The Kier molecular flexibility index (Phi) is 6.32. The fraction of sp³-hybridized carbons (Fsp3) is 0.500. The molecule has 0 spiro atoms. The molecule has 0 aromatic heterocycles. The van der Waals surface area contributed by atoms with Gasteiger partial charge in [0.15, 0.2) is 0 Å². The lowest BCUT2D eigenvalue weighted by molar-refractivity contribution is -0.121. The number of carbonyl (C=O) groups is 1. The molecule has 2 rings (SSSR count). The highest BCUT2D eigenvalue weighted by Gasteiger charge is 2.13. The van der Waals surface area contributed by atoms with Crippen LogP contribution in [0.5, 0.6) is 5.75 Å². The summed E-state index contributed by atoms with van der Waals surface area (Å²) in [6.07, 6.45) is 9.12. The van der Waals surface area contributed by atoms with Crippen LogP contribution in [0.15, 0.2) is 36.4 Å². The minimum absolute atomic E-state index is 0.172. The van der Waals surface area contributed by atoms with Gasteiger partial charge in [-0.25, -0.2) is 0 Å². The van der Waals surface area contributed by atoms with Gasteiger partial charge in [-0.2, -0.15) is 0 Å². The van der Waals surface area contributed by atoms with E-state index < -0.39 is 0 Å². The average Bonchev–Trinajstić information content (AvgIpc) is 2.97. The maximum Gasteiger partial charge on any atom is 0.220 e. The first-order valence-electron chi connectivity index (χ1n) is 7.87. The first-order valence-corrected chi connectivity index (χ1v) is 7.87. The van der Waals surface area contributed by atoms with Gasteiger partial charge < -0.3 is 10.1 Å². The molecule has 0 radical (unpaired) electrons. The number of carbonyl (C=O) groups excluding carboxylic acids is 1. The lowest BCUT2D eigenvalue weighted by Gasteiger charge is -2.09. The predicted molar refractivity (Wildman–Crippen MR) is 85.4 cm³/mol. The van der Waals surface area contributed by atoms with Crippen LogP contribution in [0.4, 0.5) is 0 Å². The molecule has 0 saturated carbocycles. The lowest BCUT2D eigenvalue weighted by Crippen LogP contribution is -2.26. The second kappa shape index (κ2) is 8.50. The minimum atomic E-state index is 0.172. The van der Waals surface area contributed by atoms with E-state index in [-0.39, 0.29) is 5.91 Å². The molecule has 3 nitrogen and oxygen atoms in total. The summed E-state index contributed by atoms with van der Waals surface area (Å²) in [6, 6.07) is 8.08. The quantitative estimate of drug-likeness (QED) is 0.586. The van der Waals surface area contributed by atoms with Crippen LogP contribution in [-0.4, -0.2) is 19.1 Å². The highest BCUT2D eigenvalue weighted by atomic mass is 16.5. The number of aryl methyl sites for hydroxylation is 1. The SMILES string of the molecule is Cc1ccc(OCCCCNC(=O)C[C@H]2C=CCC2)cc1. The van der Waals surface area contributed by atoms with E-state index in [2.05, 4.69) is 24.4 Å². The van der Waals surface area contributed by atoms with E-state index in [0.717, 1.165) is 38.0 Å². The number of benzene rings is 1. The number of amides is 1. The van der Waals surface area contributed by atoms with Crippen LogP contribution >= 0.6 is 0 Å². The van der Waals surface area contributed by atoms with Crippen LogP contribution in [0.25, 0.3) is 0 Å². The van der Waals surface area contributed by atoms with Crippen molar-refractivity contribution < 1.29 is 9.53 Å². The third kappa shape index (κ3) is 6.03. The fourth-order valence-electron chi connectivity index (χ4n) is 2.45. The summed E-state index contributed by atoms with van der Waals surface area (Å²) in [5.41, 5.74) is 1.24. The summed E-state index contributed by atoms with van der Waals surface area (Å²) < 4.78 is 5.65. The van der Waals surface area contributed by atoms with E-state index >= 15 is 0 Å². The first-order chi connectivity index (χ1) is 10.2. The van der Waals surface area contributed by atoms with Crippen LogP contribution in [0.2, 0.25) is 0 Å². The van der Waals surface area contributed by atoms with Crippen molar-refractivity contribution in [3.05, 3.63) is 42.0 Å². The molecule has 1 aromatic rings. The first kappa shape index (κ1) is 15.6. The Morgan fingerprint density at radius 3 is 2.81 bits per heavy atom. The topological polar surface area (TPSA) is 38.3 Å². The van der Waals surface area contributed by atoms with Gasteiger partial charge >= 0.3 is 0 Å². The van der Waals surface area contributed by atoms with Gasteiger partial charge in [0.05, 0.1) is 6.61 Å². The lowest BCUT2D eigenvalue weighted by atomic mass is 10.1. The second-order valence-electron chi connectivity index (χ2n) is 5.69. The van der Waals surface area contributed by atoms with Gasteiger partial charge in [-0.05, 0) is 50.7 Å². The molecule has 1 N–H and O–H groups in total. The maximum atomic E-state index is 11.7. The number of ether oxygens (including phenoxy) is 1. The molecule has 3 heteroatoms. The molecule has 0 aliphatic heterocycles. The molecule has 0 unspecified atom stereocenters. The van der Waals surface area contributed by atoms with Crippen molar-refractivity contribution >= 4 is 5.91 Å².